The molecule has 3 rings (SSSR count). The largest absolute Gasteiger partial charge is 0.503 e. The Labute approximate surface area is 149 Å². The topological polar surface area (TPSA) is 78.9 Å². The number of benzene rings is 2. The van der Waals surface area contributed by atoms with Gasteiger partial charge in [-0.05, 0) is 42.8 Å². The second-order valence-electron chi connectivity index (χ2n) is 5.26. The molecule has 2 aromatic rings. The number of amides is 2. The van der Waals surface area contributed by atoms with Crippen molar-refractivity contribution in [1.29, 1.82) is 0 Å². The Hall–Kier alpha value is -2.99. The first-order valence-corrected chi connectivity index (χ1v) is 7.96. The molecule has 0 unspecified atom stereocenters. The zero-order valence-electron chi connectivity index (χ0n) is 13.3. The van der Waals surface area contributed by atoms with Crippen LogP contribution in [0.25, 0.3) is 6.08 Å². The lowest BCUT2D eigenvalue weighted by Crippen LogP contribution is -2.35. The first kappa shape index (κ1) is 16.9. The van der Waals surface area contributed by atoms with Crippen LogP contribution in [0.5, 0.6) is 11.5 Å². The molecule has 1 heterocycles. The van der Waals surface area contributed by atoms with Crippen molar-refractivity contribution in [2.45, 2.75) is 6.92 Å². The number of carbonyl (C=O) groups excluding carboxylic acids is 2. The Balaban J connectivity index is 1.96. The summed E-state index contributed by atoms with van der Waals surface area (Å²) >= 11 is 5.98. The molecule has 1 aliphatic rings. The number of aromatic hydroxyl groups is 1. The zero-order valence-corrected chi connectivity index (χ0v) is 14.1. The van der Waals surface area contributed by atoms with Gasteiger partial charge in [-0.15, -0.1) is 0 Å². The van der Waals surface area contributed by atoms with Crippen LogP contribution in [0.2, 0.25) is 5.02 Å². The summed E-state index contributed by atoms with van der Waals surface area (Å²) in [4.78, 5) is 24.7. The quantitative estimate of drug-likeness (QED) is 0.650. The van der Waals surface area contributed by atoms with E-state index in [-0.39, 0.29) is 22.1 Å². The van der Waals surface area contributed by atoms with Crippen LogP contribution < -0.4 is 15.2 Å². The molecule has 128 valence electrons. The minimum Gasteiger partial charge on any atom is -0.503 e. The Morgan fingerprint density at radius 1 is 1.24 bits per heavy atom. The lowest BCUT2D eigenvalue weighted by atomic mass is 10.1. The Bertz CT molecular complexity index is 865. The molecule has 7 heteroatoms. The molecule has 1 saturated heterocycles. The smallest absolute Gasteiger partial charge is 0.282 e. The van der Waals surface area contributed by atoms with Crippen LogP contribution in [-0.4, -0.2) is 23.5 Å². The van der Waals surface area contributed by atoms with E-state index in [9.17, 15) is 14.7 Å². The summed E-state index contributed by atoms with van der Waals surface area (Å²) in [5.74, 6) is -0.985. The van der Waals surface area contributed by atoms with Gasteiger partial charge in [-0.25, -0.2) is 5.01 Å². The minimum absolute atomic E-state index is 0.0342. The highest BCUT2D eigenvalue weighted by molar-refractivity contribution is 6.33. The number of carbonyl (C=O) groups is 2. The summed E-state index contributed by atoms with van der Waals surface area (Å²) in [6, 6.07) is 11.8. The number of ether oxygens (including phenoxy) is 1. The third-order valence-corrected chi connectivity index (χ3v) is 3.86. The van der Waals surface area contributed by atoms with Crippen molar-refractivity contribution in [2.24, 2.45) is 0 Å². The number of hydrogen-bond acceptors (Lipinski definition) is 4. The molecule has 0 bridgehead atoms. The van der Waals surface area contributed by atoms with Crippen molar-refractivity contribution in [3.05, 3.63) is 58.6 Å². The molecule has 2 aromatic carbocycles. The second-order valence-corrected chi connectivity index (χ2v) is 5.66. The monoisotopic (exact) mass is 358 g/mol. The summed E-state index contributed by atoms with van der Waals surface area (Å²) in [6.45, 7) is 2.11. The van der Waals surface area contributed by atoms with Crippen LogP contribution in [0, 0.1) is 0 Å². The van der Waals surface area contributed by atoms with Gasteiger partial charge < -0.3 is 9.84 Å². The fraction of sp³-hybridized carbons (Fsp3) is 0.111. The summed E-state index contributed by atoms with van der Waals surface area (Å²) in [6.07, 6.45) is 1.41. The number of para-hydroxylation sites is 1. The fourth-order valence-electron chi connectivity index (χ4n) is 2.43. The number of hydrazine groups is 1. The fourth-order valence-corrected chi connectivity index (χ4v) is 2.64. The van der Waals surface area contributed by atoms with Gasteiger partial charge in [0.15, 0.2) is 11.5 Å². The second kappa shape index (κ2) is 6.86. The van der Waals surface area contributed by atoms with Crippen molar-refractivity contribution in [2.75, 3.05) is 11.6 Å². The van der Waals surface area contributed by atoms with Crippen molar-refractivity contribution in [1.82, 2.24) is 5.43 Å². The molecule has 0 atom stereocenters. The number of phenols is 1. The molecule has 0 spiro atoms. The van der Waals surface area contributed by atoms with E-state index in [2.05, 4.69) is 5.43 Å². The van der Waals surface area contributed by atoms with Crippen molar-refractivity contribution < 1.29 is 19.4 Å². The SMILES string of the molecule is CCOc1cc(/C=C2\C(=O)NN(c3ccccc3)C2=O)cc(Cl)c1O. The molecule has 0 aliphatic carbocycles. The van der Waals surface area contributed by atoms with Crippen LogP contribution in [0.1, 0.15) is 12.5 Å². The summed E-state index contributed by atoms with van der Waals surface area (Å²) in [7, 11) is 0. The maximum Gasteiger partial charge on any atom is 0.282 e. The van der Waals surface area contributed by atoms with Gasteiger partial charge in [0, 0.05) is 0 Å². The van der Waals surface area contributed by atoms with Gasteiger partial charge in [0.2, 0.25) is 0 Å². The summed E-state index contributed by atoms with van der Waals surface area (Å²) < 4.78 is 5.31. The molecule has 0 saturated carbocycles. The van der Waals surface area contributed by atoms with E-state index in [4.69, 9.17) is 16.3 Å². The lowest BCUT2D eigenvalue weighted by molar-refractivity contribution is -0.117. The highest BCUT2D eigenvalue weighted by atomic mass is 35.5. The van der Waals surface area contributed by atoms with Crippen LogP contribution in [0.4, 0.5) is 5.69 Å². The van der Waals surface area contributed by atoms with Gasteiger partial charge in [-0.3, -0.25) is 15.0 Å². The number of hydrogen-bond donors (Lipinski definition) is 2. The molecule has 0 radical (unpaired) electrons. The van der Waals surface area contributed by atoms with Gasteiger partial charge in [-0.1, -0.05) is 29.8 Å². The minimum atomic E-state index is -0.518. The maximum atomic E-state index is 12.5. The Morgan fingerprint density at radius 3 is 2.64 bits per heavy atom. The third-order valence-electron chi connectivity index (χ3n) is 3.57. The van der Waals surface area contributed by atoms with Crippen molar-refractivity contribution in [3.8, 4) is 11.5 Å². The van der Waals surface area contributed by atoms with Gasteiger partial charge >= 0.3 is 0 Å². The van der Waals surface area contributed by atoms with Crippen LogP contribution in [0.3, 0.4) is 0 Å². The molecule has 6 nitrogen and oxygen atoms in total. The number of anilines is 1. The Kier molecular flexibility index (Phi) is 4.63. The highest BCUT2D eigenvalue weighted by Gasteiger charge is 2.34. The molecular weight excluding hydrogens is 344 g/mol. The zero-order chi connectivity index (χ0) is 18.0. The Morgan fingerprint density at radius 2 is 1.96 bits per heavy atom. The standard InChI is InChI=1S/C18H15ClN2O4/c1-2-25-15-10-11(9-14(19)16(15)22)8-13-17(23)20-21(18(13)24)12-6-4-3-5-7-12/h3-10,22H,2H2,1H3,(H,20,23)/b13-8+. The maximum absolute atomic E-state index is 12.5. The van der Waals surface area contributed by atoms with Crippen LogP contribution in [0.15, 0.2) is 48.0 Å². The molecule has 1 aliphatic heterocycles. The van der Waals surface area contributed by atoms with Crippen LogP contribution in [-0.2, 0) is 9.59 Å². The summed E-state index contributed by atoms with van der Waals surface area (Å²) in [5, 5.41) is 11.1. The van der Waals surface area contributed by atoms with Crippen molar-refractivity contribution in [3.63, 3.8) is 0 Å². The van der Waals surface area contributed by atoms with E-state index < -0.39 is 11.8 Å². The van der Waals surface area contributed by atoms with Crippen molar-refractivity contribution >= 4 is 35.2 Å². The number of halogens is 1. The van der Waals surface area contributed by atoms with E-state index in [1.165, 1.54) is 23.2 Å². The number of nitrogens with zero attached hydrogens (tertiary/aromatic N) is 1. The first-order valence-electron chi connectivity index (χ1n) is 7.58. The van der Waals surface area contributed by atoms with Crippen LogP contribution >= 0.6 is 11.6 Å². The van der Waals surface area contributed by atoms with Gasteiger partial charge in [0.05, 0.1) is 17.3 Å². The first-order chi connectivity index (χ1) is 12.0. The lowest BCUT2D eigenvalue weighted by Gasteiger charge is -2.13. The molecule has 2 amide bonds. The third kappa shape index (κ3) is 3.29. The average Bonchev–Trinajstić information content (AvgIpc) is 2.88. The van der Waals surface area contributed by atoms with E-state index in [1.807, 2.05) is 6.07 Å². The molecule has 0 aromatic heterocycles. The van der Waals surface area contributed by atoms with E-state index in [0.29, 0.717) is 17.9 Å². The number of phenolic OH excluding ortho intramolecular Hbond substituents is 1. The normalized spacial score (nSPS) is 15.6. The van der Waals surface area contributed by atoms with Gasteiger partial charge in [0.1, 0.15) is 5.57 Å². The molecule has 25 heavy (non-hydrogen) atoms. The number of nitrogens with one attached hydrogen (secondary N) is 1. The highest BCUT2D eigenvalue weighted by Crippen LogP contribution is 2.36. The van der Waals surface area contributed by atoms with E-state index in [1.54, 1.807) is 31.2 Å². The molecule has 2 N–H and O–H groups in total. The van der Waals surface area contributed by atoms with E-state index in [0.717, 1.165) is 0 Å². The van der Waals surface area contributed by atoms with E-state index >= 15 is 0 Å². The summed E-state index contributed by atoms with van der Waals surface area (Å²) in [5.41, 5.74) is 3.52. The van der Waals surface area contributed by atoms with Gasteiger partial charge in [0.25, 0.3) is 11.8 Å². The molecular formula is C18H15ClN2O4. The predicted molar refractivity (Wildman–Crippen MR) is 94.3 cm³/mol. The molecule has 1 fully saturated rings. The predicted octanol–water partition coefficient (Wildman–Crippen LogP) is 2.91. The number of rotatable bonds is 4. The average molecular weight is 359 g/mol. The van der Waals surface area contributed by atoms with Gasteiger partial charge in [-0.2, -0.15) is 0 Å².